The Morgan fingerprint density at radius 3 is 2.74 bits per heavy atom. The lowest BCUT2D eigenvalue weighted by molar-refractivity contribution is 0.510. The number of nitrogens with two attached hydrogens (primary N) is 1. The summed E-state index contributed by atoms with van der Waals surface area (Å²) in [6, 6.07) is 6.14. The molecule has 1 aliphatic rings. The number of rotatable bonds is 2. The third kappa shape index (κ3) is 2.10. The van der Waals surface area contributed by atoms with E-state index in [1.165, 1.54) is 25.7 Å². The van der Waals surface area contributed by atoms with Gasteiger partial charge in [-0.05, 0) is 31.9 Å². The number of nitrogens with zero attached hydrogens (tertiary/aromatic N) is 3. The van der Waals surface area contributed by atoms with Gasteiger partial charge in [-0.25, -0.2) is 0 Å². The fourth-order valence-electron chi connectivity index (χ4n) is 2.88. The van der Waals surface area contributed by atoms with E-state index in [1.807, 2.05) is 19.1 Å². The van der Waals surface area contributed by atoms with Crippen LogP contribution < -0.4 is 5.73 Å². The molecule has 0 unspecified atom stereocenters. The van der Waals surface area contributed by atoms with Crippen molar-refractivity contribution in [2.24, 2.45) is 0 Å². The molecule has 1 saturated carbocycles. The maximum absolute atomic E-state index is 6.10. The molecule has 3 rings (SSSR count). The van der Waals surface area contributed by atoms with Crippen LogP contribution in [-0.4, -0.2) is 14.8 Å². The van der Waals surface area contributed by atoms with Crippen LogP contribution in [0.1, 0.15) is 37.5 Å². The lowest BCUT2D eigenvalue weighted by Gasteiger charge is -2.16. The molecule has 0 saturated heterocycles. The van der Waals surface area contributed by atoms with E-state index in [0.29, 0.717) is 16.8 Å². The van der Waals surface area contributed by atoms with Crippen LogP contribution in [-0.2, 0) is 0 Å². The zero-order valence-electron chi connectivity index (χ0n) is 10.9. The Hall–Kier alpha value is -1.55. The van der Waals surface area contributed by atoms with Crippen molar-refractivity contribution in [2.75, 3.05) is 5.73 Å². The molecular formula is C14H17ClN4. The van der Waals surface area contributed by atoms with Gasteiger partial charge < -0.3 is 10.3 Å². The van der Waals surface area contributed by atoms with Gasteiger partial charge in [-0.1, -0.05) is 30.5 Å². The van der Waals surface area contributed by atoms with Crippen LogP contribution >= 0.6 is 11.6 Å². The number of benzene rings is 1. The van der Waals surface area contributed by atoms with Crippen LogP contribution in [0.3, 0.4) is 0 Å². The number of aromatic nitrogens is 3. The molecule has 2 aromatic rings. The summed E-state index contributed by atoms with van der Waals surface area (Å²) < 4.78 is 2.22. The predicted octanol–water partition coefficient (Wildman–Crippen LogP) is 3.60. The van der Waals surface area contributed by atoms with E-state index < -0.39 is 0 Å². The van der Waals surface area contributed by atoms with Gasteiger partial charge in [-0.3, -0.25) is 0 Å². The number of aryl methyl sites for hydroxylation is 1. The minimum atomic E-state index is 0.489. The number of anilines is 1. The highest BCUT2D eigenvalue weighted by Gasteiger charge is 2.24. The summed E-state index contributed by atoms with van der Waals surface area (Å²) >= 11 is 6.10. The van der Waals surface area contributed by atoms with E-state index in [9.17, 15) is 0 Å². The normalized spacial score (nSPS) is 16.1. The lowest BCUT2D eigenvalue weighted by atomic mass is 10.1. The van der Waals surface area contributed by atoms with E-state index in [-0.39, 0.29) is 0 Å². The summed E-state index contributed by atoms with van der Waals surface area (Å²) in [7, 11) is 0. The van der Waals surface area contributed by atoms with Gasteiger partial charge in [-0.15, -0.1) is 10.2 Å². The Morgan fingerprint density at radius 2 is 2.00 bits per heavy atom. The summed E-state index contributed by atoms with van der Waals surface area (Å²) in [6.45, 7) is 2.00. The molecular weight excluding hydrogens is 260 g/mol. The second kappa shape index (κ2) is 4.85. The maximum Gasteiger partial charge on any atom is 0.166 e. The van der Waals surface area contributed by atoms with E-state index >= 15 is 0 Å². The Balaban J connectivity index is 2.12. The molecule has 1 heterocycles. The highest BCUT2D eigenvalue weighted by molar-refractivity contribution is 6.33. The van der Waals surface area contributed by atoms with Gasteiger partial charge in [0.2, 0.25) is 0 Å². The SMILES string of the molecule is Cc1nnc(-c2cccc(Cl)c2N)n1C1CCCC1. The average molecular weight is 277 g/mol. The molecule has 100 valence electrons. The quantitative estimate of drug-likeness (QED) is 0.853. The van der Waals surface area contributed by atoms with E-state index in [0.717, 1.165) is 17.2 Å². The van der Waals surface area contributed by atoms with E-state index in [2.05, 4.69) is 14.8 Å². The molecule has 1 aliphatic carbocycles. The van der Waals surface area contributed by atoms with Crippen LogP contribution in [0.25, 0.3) is 11.4 Å². The first-order valence-electron chi connectivity index (χ1n) is 6.64. The van der Waals surface area contributed by atoms with Crippen molar-refractivity contribution in [2.45, 2.75) is 38.6 Å². The summed E-state index contributed by atoms with van der Waals surface area (Å²) in [5.74, 6) is 1.78. The molecule has 0 bridgehead atoms. The van der Waals surface area contributed by atoms with Gasteiger partial charge in [-0.2, -0.15) is 0 Å². The van der Waals surface area contributed by atoms with Gasteiger partial charge in [0.15, 0.2) is 5.82 Å². The van der Waals surface area contributed by atoms with E-state index in [1.54, 1.807) is 6.07 Å². The molecule has 1 aromatic carbocycles. The maximum atomic E-state index is 6.10. The Kier molecular flexibility index (Phi) is 3.19. The first kappa shape index (κ1) is 12.5. The second-order valence-electron chi connectivity index (χ2n) is 5.08. The fraction of sp³-hybridized carbons (Fsp3) is 0.429. The monoisotopic (exact) mass is 276 g/mol. The highest BCUT2D eigenvalue weighted by Crippen LogP contribution is 2.36. The molecule has 0 aliphatic heterocycles. The number of hydrogen-bond acceptors (Lipinski definition) is 3. The van der Waals surface area contributed by atoms with Gasteiger partial charge in [0.05, 0.1) is 10.7 Å². The average Bonchev–Trinajstić information content (AvgIpc) is 3.02. The van der Waals surface area contributed by atoms with Gasteiger partial charge in [0.1, 0.15) is 5.82 Å². The number of halogens is 1. The van der Waals surface area contributed by atoms with Crippen molar-refractivity contribution in [1.82, 2.24) is 14.8 Å². The zero-order chi connectivity index (χ0) is 13.4. The summed E-state index contributed by atoms with van der Waals surface area (Å²) in [5, 5.41) is 9.10. The smallest absolute Gasteiger partial charge is 0.166 e. The predicted molar refractivity (Wildman–Crippen MR) is 77.1 cm³/mol. The van der Waals surface area contributed by atoms with Crippen LogP contribution in [0.2, 0.25) is 5.02 Å². The first-order valence-corrected chi connectivity index (χ1v) is 7.02. The minimum absolute atomic E-state index is 0.489. The van der Waals surface area contributed by atoms with Crippen LogP contribution in [0.15, 0.2) is 18.2 Å². The molecule has 19 heavy (non-hydrogen) atoms. The van der Waals surface area contributed by atoms with E-state index in [4.69, 9.17) is 17.3 Å². The minimum Gasteiger partial charge on any atom is -0.397 e. The van der Waals surface area contributed by atoms with Crippen molar-refractivity contribution < 1.29 is 0 Å². The van der Waals surface area contributed by atoms with Gasteiger partial charge in [0.25, 0.3) is 0 Å². The molecule has 4 nitrogen and oxygen atoms in total. The third-order valence-corrected chi connectivity index (χ3v) is 4.18. The molecule has 0 spiro atoms. The fourth-order valence-corrected chi connectivity index (χ4v) is 3.06. The molecule has 0 atom stereocenters. The summed E-state index contributed by atoms with van der Waals surface area (Å²) in [4.78, 5) is 0. The number of para-hydroxylation sites is 1. The van der Waals surface area contributed by atoms with Crippen molar-refractivity contribution >= 4 is 17.3 Å². The van der Waals surface area contributed by atoms with Crippen LogP contribution in [0, 0.1) is 6.92 Å². The Morgan fingerprint density at radius 1 is 1.26 bits per heavy atom. The highest BCUT2D eigenvalue weighted by atomic mass is 35.5. The number of hydrogen-bond donors (Lipinski definition) is 1. The molecule has 1 fully saturated rings. The standard InChI is InChI=1S/C14H17ClN4/c1-9-17-18-14(19(9)10-5-2-3-6-10)11-7-4-8-12(15)13(11)16/h4,7-8,10H,2-3,5-6,16H2,1H3. The molecule has 1 aromatic heterocycles. The topological polar surface area (TPSA) is 56.7 Å². The summed E-state index contributed by atoms with van der Waals surface area (Å²) in [6.07, 6.45) is 4.91. The molecule has 2 N–H and O–H groups in total. The first-order chi connectivity index (χ1) is 9.18. The largest absolute Gasteiger partial charge is 0.397 e. The van der Waals surface area contributed by atoms with Crippen molar-refractivity contribution in [3.63, 3.8) is 0 Å². The van der Waals surface area contributed by atoms with Crippen LogP contribution in [0.5, 0.6) is 0 Å². The Labute approximate surface area is 117 Å². The van der Waals surface area contributed by atoms with Crippen molar-refractivity contribution in [3.8, 4) is 11.4 Å². The second-order valence-corrected chi connectivity index (χ2v) is 5.49. The molecule has 0 amide bonds. The number of nitrogen functional groups attached to an aromatic ring is 1. The summed E-state index contributed by atoms with van der Waals surface area (Å²) in [5.41, 5.74) is 7.53. The molecule has 0 radical (unpaired) electrons. The van der Waals surface area contributed by atoms with Gasteiger partial charge >= 0.3 is 0 Å². The third-order valence-electron chi connectivity index (χ3n) is 3.85. The zero-order valence-corrected chi connectivity index (χ0v) is 11.7. The van der Waals surface area contributed by atoms with Gasteiger partial charge in [0, 0.05) is 11.6 Å². The van der Waals surface area contributed by atoms with Crippen molar-refractivity contribution in [3.05, 3.63) is 29.0 Å². The van der Waals surface area contributed by atoms with Crippen molar-refractivity contribution in [1.29, 1.82) is 0 Å². The lowest BCUT2D eigenvalue weighted by Crippen LogP contribution is -2.09. The Bertz CT molecular complexity index is 599. The molecule has 5 heteroatoms. The van der Waals surface area contributed by atoms with Crippen LogP contribution in [0.4, 0.5) is 5.69 Å².